The van der Waals surface area contributed by atoms with E-state index >= 15 is 0 Å². The summed E-state index contributed by atoms with van der Waals surface area (Å²) in [4.78, 5) is 11.2. The number of sulfonamides is 1. The highest BCUT2D eigenvalue weighted by atomic mass is 32.2. The highest BCUT2D eigenvalue weighted by Crippen LogP contribution is 2.57. The maximum absolute atomic E-state index is 13.6. The van der Waals surface area contributed by atoms with Crippen LogP contribution in [0.25, 0.3) is 10.9 Å². The number of aromatic nitrogens is 2. The van der Waals surface area contributed by atoms with E-state index in [2.05, 4.69) is 16.4 Å². The van der Waals surface area contributed by atoms with Crippen molar-refractivity contribution in [3.8, 4) is 6.07 Å². The Bertz CT molecular complexity index is 1230. The molecule has 0 bridgehead atoms. The van der Waals surface area contributed by atoms with E-state index in [1.54, 1.807) is 18.3 Å². The van der Waals surface area contributed by atoms with Gasteiger partial charge in [0.2, 0.25) is 21.9 Å². The summed E-state index contributed by atoms with van der Waals surface area (Å²) in [5.41, 5.74) is 1.39. The Kier molecular flexibility index (Phi) is 5.21. The zero-order valence-corrected chi connectivity index (χ0v) is 19.2. The van der Waals surface area contributed by atoms with Crippen LogP contribution >= 0.6 is 0 Å². The van der Waals surface area contributed by atoms with E-state index in [0.29, 0.717) is 68.2 Å². The van der Waals surface area contributed by atoms with Crippen LogP contribution < -0.4 is 10.2 Å². The van der Waals surface area contributed by atoms with E-state index in [4.69, 9.17) is 4.98 Å². The molecule has 3 heterocycles. The number of fused-ring (bicyclic) bond motifs is 1. The van der Waals surface area contributed by atoms with Crippen molar-refractivity contribution < 1.29 is 17.2 Å². The molecule has 2 aliphatic heterocycles. The van der Waals surface area contributed by atoms with Crippen molar-refractivity contribution in [2.75, 3.05) is 42.7 Å². The molecule has 3 aliphatic rings. The van der Waals surface area contributed by atoms with Gasteiger partial charge in [0.05, 0.1) is 17.5 Å². The highest BCUT2D eigenvalue weighted by molar-refractivity contribution is 7.88. The van der Waals surface area contributed by atoms with Crippen LogP contribution in [0.2, 0.25) is 0 Å². The number of benzene rings is 1. The SMILES string of the molecule is CS(=O)(=O)N1CCC(Nc2ncc3ccc(C#N)c(N4CCC5(C4)CC(F)(F)C5)c3n2)CC1. The Balaban J connectivity index is 1.40. The standard InChI is InChI=1S/C22H26F2N6O2S/c1-33(31,32)30-7-4-17(5-8-30)27-20-26-11-16-3-2-15(10-25)19(18(16)28-20)29-9-6-21(14-29)12-22(23,24)13-21/h2-3,11,17H,4-9,12-14H2,1H3,(H,26,27,28). The molecule has 1 saturated carbocycles. The van der Waals surface area contributed by atoms with Gasteiger partial charge in [0.1, 0.15) is 11.6 Å². The van der Waals surface area contributed by atoms with Gasteiger partial charge in [-0.2, -0.15) is 5.26 Å². The fraction of sp³-hybridized carbons (Fsp3) is 0.591. The fourth-order valence-corrected chi connectivity index (χ4v) is 6.41. The van der Waals surface area contributed by atoms with Crippen molar-refractivity contribution in [3.05, 3.63) is 23.9 Å². The molecule has 0 amide bonds. The Morgan fingerprint density at radius 2 is 1.94 bits per heavy atom. The molecule has 176 valence electrons. The molecule has 1 aromatic carbocycles. The second kappa shape index (κ2) is 7.74. The lowest BCUT2D eigenvalue weighted by molar-refractivity contribution is -0.152. The molecule has 0 radical (unpaired) electrons. The quantitative estimate of drug-likeness (QED) is 0.724. The summed E-state index contributed by atoms with van der Waals surface area (Å²) >= 11 is 0. The maximum Gasteiger partial charge on any atom is 0.249 e. The van der Waals surface area contributed by atoms with Gasteiger partial charge in [0.25, 0.3) is 0 Å². The normalized spacial score (nSPS) is 22.9. The van der Waals surface area contributed by atoms with Crippen LogP contribution in [0, 0.1) is 16.7 Å². The lowest BCUT2D eigenvalue weighted by Gasteiger charge is -2.44. The van der Waals surface area contributed by atoms with Crippen molar-refractivity contribution in [2.24, 2.45) is 5.41 Å². The first-order valence-electron chi connectivity index (χ1n) is 11.1. The Hall–Kier alpha value is -2.58. The summed E-state index contributed by atoms with van der Waals surface area (Å²) in [5.74, 6) is -2.17. The molecule has 0 atom stereocenters. The summed E-state index contributed by atoms with van der Waals surface area (Å²) in [6.07, 6.45) is 4.68. The predicted molar refractivity (Wildman–Crippen MR) is 121 cm³/mol. The van der Waals surface area contributed by atoms with E-state index in [-0.39, 0.29) is 24.3 Å². The summed E-state index contributed by atoms with van der Waals surface area (Å²) in [6, 6.07) is 5.80. The van der Waals surface area contributed by atoms with Crippen LogP contribution in [0.3, 0.4) is 0 Å². The lowest BCUT2D eigenvalue weighted by atomic mass is 9.65. The molecule has 1 aromatic heterocycles. The molecule has 1 N–H and O–H groups in total. The smallest absolute Gasteiger partial charge is 0.249 e. The highest BCUT2D eigenvalue weighted by Gasteiger charge is 2.58. The number of nitrogens with zero attached hydrogens (tertiary/aromatic N) is 5. The molecule has 5 rings (SSSR count). The molecule has 2 aromatic rings. The Morgan fingerprint density at radius 3 is 2.58 bits per heavy atom. The van der Waals surface area contributed by atoms with Gasteiger partial charge < -0.3 is 10.2 Å². The van der Waals surface area contributed by atoms with Crippen molar-refractivity contribution in [1.29, 1.82) is 5.26 Å². The van der Waals surface area contributed by atoms with Gasteiger partial charge in [-0.1, -0.05) is 0 Å². The van der Waals surface area contributed by atoms with Gasteiger partial charge in [-0.3, -0.25) is 0 Å². The average molecular weight is 477 g/mol. The van der Waals surface area contributed by atoms with Crippen molar-refractivity contribution in [3.63, 3.8) is 0 Å². The monoisotopic (exact) mass is 476 g/mol. The minimum absolute atomic E-state index is 0.0373. The molecule has 8 nitrogen and oxygen atoms in total. The largest absolute Gasteiger partial charge is 0.368 e. The molecule has 1 spiro atoms. The van der Waals surface area contributed by atoms with Gasteiger partial charge in [0.15, 0.2) is 0 Å². The van der Waals surface area contributed by atoms with Crippen molar-refractivity contribution >= 4 is 32.6 Å². The first-order valence-corrected chi connectivity index (χ1v) is 13.0. The number of anilines is 2. The number of piperidine rings is 1. The zero-order chi connectivity index (χ0) is 23.4. The number of nitriles is 1. The minimum Gasteiger partial charge on any atom is -0.368 e. The second-order valence-electron chi connectivity index (χ2n) is 9.67. The third-order valence-electron chi connectivity index (χ3n) is 7.12. The molecular weight excluding hydrogens is 450 g/mol. The summed E-state index contributed by atoms with van der Waals surface area (Å²) < 4.78 is 52.1. The molecule has 0 unspecified atom stereocenters. The van der Waals surface area contributed by atoms with Gasteiger partial charge in [-0.25, -0.2) is 31.5 Å². The Labute approximate surface area is 191 Å². The number of rotatable bonds is 4. The number of hydrogen-bond acceptors (Lipinski definition) is 7. The van der Waals surface area contributed by atoms with E-state index in [1.165, 1.54) is 10.6 Å². The number of alkyl halides is 2. The topological polar surface area (TPSA) is 102 Å². The van der Waals surface area contributed by atoms with Crippen LogP contribution in [-0.2, 0) is 10.0 Å². The van der Waals surface area contributed by atoms with Crippen LogP contribution in [0.1, 0.15) is 37.7 Å². The summed E-state index contributed by atoms with van der Waals surface area (Å²) in [5, 5.41) is 13.8. The maximum atomic E-state index is 13.6. The van der Waals surface area contributed by atoms with Crippen LogP contribution in [-0.4, -0.2) is 67.1 Å². The second-order valence-corrected chi connectivity index (χ2v) is 11.6. The third kappa shape index (κ3) is 4.22. The average Bonchev–Trinajstić information content (AvgIpc) is 3.15. The van der Waals surface area contributed by atoms with Gasteiger partial charge in [-0.05, 0) is 31.4 Å². The van der Waals surface area contributed by atoms with E-state index in [0.717, 1.165) is 5.39 Å². The first-order chi connectivity index (χ1) is 15.6. The zero-order valence-electron chi connectivity index (χ0n) is 18.4. The number of hydrogen-bond donors (Lipinski definition) is 1. The fourth-order valence-electron chi connectivity index (χ4n) is 5.54. The van der Waals surface area contributed by atoms with Crippen LogP contribution in [0.15, 0.2) is 18.3 Å². The Morgan fingerprint density at radius 1 is 1.21 bits per heavy atom. The van der Waals surface area contributed by atoms with Gasteiger partial charge in [0, 0.05) is 62.1 Å². The molecule has 33 heavy (non-hydrogen) atoms. The summed E-state index contributed by atoms with van der Waals surface area (Å²) in [6.45, 7) is 1.98. The van der Waals surface area contributed by atoms with E-state index in [1.807, 2.05) is 4.90 Å². The van der Waals surface area contributed by atoms with Crippen LogP contribution in [0.5, 0.6) is 0 Å². The minimum atomic E-state index is -3.20. The van der Waals surface area contributed by atoms with E-state index < -0.39 is 15.9 Å². The van der Waals surface area contributed by atoms with E-state index in [9.17, 15) is 22.5 Å². The molecular formula is C22H26F2N6O2S. The number of halogens is 2. The predicted octanol–water partition coefficient (Wildman–Crippen LogP) is 2.96. The molecule has 2 saturated heterocycles. The molecule has 11 heteroatoms. The van der Waals surface area contributed by atoms with Crippen molar-refractivity contribution in [1.82, 2.24) is 14.3 Å². The van der Waals surface area contributed by atoms with Gasteiger partial charge >= 0.3 is 0 Å². The lowest BCUT2D eigenvalue weighted by Crippen LogP contribution is -2.47. The molecule has 3 fully saturated rings. The van der Waals surface area contributed by atoms with Gasteiger partial charge in [-0.15, -0.1) is 0 Å². The summed E-state index contributed by atoms with van der Waals surface area (Å²) in [7, 11) is -3.20. The number of nitrogens with one attached hydrogen (secondary N) is 1. The first kappa shape index (κ1) is 22.2. The molecule has 1 aliphatic carbocycles. The third-order valence-corrected chi connectivity index (χ3v) is 8.43. The van der Waals surface area contributed by atoms with Crippen molar-refractivity contribution in [2.45, 2.75) is 44.1 Å². The van der Waals surface area contributed by atoms with Crippen LogP contribution in [0.4, 0.5) is 20.4 Å².